The molecule has 1 N–H and O–H groups in total. The average molecular weight is 453 g/mol. The van der Waals surface area contributed by atoms with E-state index in [-0.39, 0.29) is 36.2 Å². The number of rotatable bonds is 6. The molecule has 0 bridgehead atoms. The van der Waals surface area contributed by atoms with Crippen LogP contribution in [0.1, 0.15) is 47.9 Å². The Labute approximate surface area is 191 Å². The van der Waals surface area contributed by atoms with Crippen molar-refractivity contribution in [2.75, 3.05) is 6.54 Å². The summed E-state index contributed by atoms with van der Waals surface area (Å²) in [4.78, 5) is 36.1. The van der Waals surface area contributed by atoms with E-state index in [1.54, 1.807) is 19.3 Å². The lowest BCUT2D eigenvalue weighted by Crippen LogP contribution is -2.33. The van der Waals surface area contributed by atoms with Gasteiger partial charge in [-0.15, -0.1) is 0 Å². The number of pyridine rings is 1. The van der Waals surface area contributed by atoms with E-state index in [1.807, 2.05) is 29.2 Å². The van der Waals surface area contributed by atoms with Crippen LogP contribution >= 0.6 is 11.6 Å². The molecular weight excluding hydrogens is 428 g/mol. The van der Waals surface area contributed by atoms with Crippen molar-refractivity contribution in [1.29, 1.82) is 0 Å². The normalized spacial score (nSPS) is 15.8. The predicted molar refractivity (Wildman–Crippen MR) is 122 cm³/mol. The van der Waals surface area contributed by atoms with Gasteiger partial charge in [0.15, 0.2) is 0 Å². The maximum Gasteiger partial charge on any atom is 0.254 e. The predicted octanol–water partition coefficient (Wildman–Crippen LogP) is 3.65. The highest BCUT2D eigenvalue weighted by Crippen LogP contribution is 2.31. The molecule has 166 valence electrons. The molecule has 1 fully saturated rings. The van der Waals surface area contributed by atoms with Gasteiger partial charge in [-0.3, -0.25) is 19.6 Å². The molecule has 3 heterocycles. The van der Waals surface area contributed by atoms with Crippen LogP contribution < -0.4 is 5.56 Å². The SMILES string of the molecule is Cc1cc(O)cc(=O)n1CCC(=O)N1CCCC1c1cncc(Cc2cccc(Cl)c2)n1. The van der Waals surface area contributed by atoms with Crippen LogP contribution in [0.4, 0.5) is 0 Å². The fourth-order valence-corrected chi connectivity index (χ4v) is 4.46. The number of carbonyl (C=O) groups excluding carboxylic acids is 1. The lowest BCUT2D eigenvalue weighted by Gasteiger charge is -2.25. The molecule has 1 aliphatic rings. The summed E-state index contributed by atoms with van der Waals surface area (Å²) in [7, 11) is 0. The number of halogens is 1. The van der Waals surface area contributed by atoms with E-state index in [1.165, 1.54) is 10.6 Å². The van der Waals surface area contributed by atoms with E-state index in [0.29, 0.717) is 23.7 Å². The van der Waals surface area contributed by atoms with Crippen molar-refractivity contribution in [3.63, 3.8) is 0 Å². The standard InChI is InChI=1S/C24H25ClN4O3/c1-16-10-20(30)13-24(32)28(16)9-7-23(31)29-8-3-6-22(29)21-15-26-14-19(27-21)12-17-4-2-5-18(25)11-17/h2,4-5,10-11,13-15,22,30H,3,6-9,12H2,1H3. The molecule has 1 aliphatic heterocycles. The Morgan fingerprint density at radius 3 is 2.88 bits per heavy atom. The summed E-state index contributed by atoms with van der Waals surface area (Å²) in [5.74, 6) is -0.0835. The molecule has 0 spiro atoms. The first-order valence-corrected chi connectivity index (χ1v) is 11.0. The van der Waals surface area contributed by atoms with Gasteiger partial charge in [-0.2, -0.15) is 0 Å². The number of aryl methyl sites for hydroxylation is 1. The van der Waals surface area contributed by atoms with E-state index in [4.69, 9.17) is 16.6 Å². The zero-order chi connectivity index (χ0) is 22.7. The van der Waals surface area contributed by atoms with Gasteiger partial charge in [0.05, 0.1) is 23.6 Å². The lowest BCUT2D eigenvalue weighted by atomic mass is 10.1. The second-order valence-electron chi connectivity index (χ2n) is 8.08. The van der Waals surface area contributed by atoms with Crippen LogP contribution in [0.15, 0.2) is 53.6 Å². The molecule has 1 unspecified atom stereocenters. The fraction of sp³-hybridized carbons (Fsp3) is 0.333. The molecule has 4 rings (SSSR count). The Kier molecular flexibility index (Phi) is 6.55. The van der Waals surface area contributed by atoms with Gasteiger partial charge >= 0.3 is 0 Å². The van der Waals surface area contributed by atoms with Crippen molar-refractivity contribution < 1.29 is 9.90 Å². The topological polar surface area (TPSA) is 88.3 Å². The van der Waals surface area contributed by atoms with Crippen molar-refractivity contribution in [1.82, 2.24) is 19.4 Å². The summed E-state index contributed by atoms with van der Waals surface area (Å²) in [5.41, 5.74) is 2.98. The second kappa shape index (κ2) is 9.53. The van der Waals surface area contributed by atoms with Crippen molar-refractivity contribution in [2.24, 2.45) is 0 Å². The summed E-state index contributed by atoms with van der Waals surface area (Å²) in [6.45, 7) is 2.67. The number of hydrogen-bond acceptors (Lipinski definition) is 5. The number of aromatic hydroxyl groups is 1. The van der Waals surface area contributed by atoms with Crippen LogP contribution in [0.2, 0.25) is 5.02 Å². The summed E-state index contributed by atoms with van der Waals surface area (Å²) >= 11 is 6.09. The number of amides is 1. The zero-order valence-corrected chi connectivity index (χ0v) is 18.6. The van der Waals surface area contributed by atoms with Gasteiger partial charge in [0.2, 0.25) is 5.91 Å². The monoisotopic (exact) mass is 452 g/mol. The first-order valence-electron chi connectivity index (χ1n) is 10.7. The summed E-state index contributed by atoms with van der Waals surface area (Å²) in [6, 6.07) is 10.2. The van der Waals surface area contributed by atoms with Gasteiger partial charge in [0.25, 0.3) is 5.56 Å². The largest absolute Gasteiger partial charge is 0.508 e. The lowest BCUT2D eigenvalue weighted by molar-refractivity contribution is -0.132. The Morgan fingerprint density at radius 2 is 2.09 bits per heavy atom. The molecule has 8 heteroatoms. The van der Waals surface area contributed by atoms with E-state index < -0.39 is 0 Å². The quantitative estimate of drug-likeness (QED) is 0.616. The second-order valence-corrected chi connectivity index (χ2v) is 8.52. The summed E-state index contributed by atoms with van der Waals surface area (Å²) in [5, 5.41) is 10.2. The first-order chi connectivity index (χ1) is 15.4. The van der Waals surface area contributed by atoms with Crippen molar-refractivity contribution in [2.45, 2.75) is 45.2 Å². The number of likely N-dealkylation sites (tertiary alicyclic amines) is 1. The summed E-state index contributed by atoms with van der Waals surface area (Å²) in [6.07, 6.45) is 6.02. The Balaban J connectivity index is 1.46. The van der Waals surface area contributed by atoms with Crippen LogP contribution in [0.5, 0.6) is 5.75 Å². The highest BCUT2D eigenvalue weighted by Gasteiger charge is 2.31. The van der Waals surface area contributed by atoms with Crippen LogP contribution in [-0.2, 0) is 17.8 Å². The average Bonchev–Trinajstić information content (AvgIpc) is 3.23. The Hall–Kier alpha value is -3.19. The smallest absolute Gasteiger partial charge is 0.254 e. The highest BCUT2D eigenvalue weighted by atomic mass is 35.5. The van der Waals surface area contributed by atoms with Gasteiger partial charge < -0.3 is 14.6 Å². The molecule has 0 aliphatic carbocycles. The van der Waals surface area contributed by atoms with Crippen LogP contribution in [0.25, 0.3) is 0 Å². The van der Waals surface area contributed by atoms with Crippen molar-refractivity contribution in [3.05, 3.63) is 86.8 Å². The molecule has 1 aromatic carbocycles. The number of hydrogen-bond donors (Lipinski definition) is 1. The Morgan fingerprint density at radius 1 is 1.25 bits per heavy atom. The third-order valence-corrected chi connectivity index (χ3v) is 6.00. The van der Waals surface area contributed by atoms with Crippen LogP contribution in [-0.4, -0.2) is 37.0 Å². The molecule has 1 amide bonds. The number of benzene rings is 1. The van der Waals surface area contributed by atoms with Crippen molar-refractivity contribution in [3.8, 4) is 5.75 Å². The molecule has 3 aromatic rings. The molecule has 2 aromatic heterocycles. The number of aromatic nitrogens is 3. The molecule has 0 radical (unpaired) electrons. The van der Waals surface area contributed by atoms with E-state index >= 15 is 0 Å². The van der Waals surface area contributed by atoms with Crippen LogP contribution in [0, 0.1) is 6.92 Å². The minimum Gasteiger partial charge on any atom is -0.508 e. The molecule has 0 saturated carbocycles. The zero-order valence-electron chi connectivity index (χ0n) is 17.9. The molecule has 1 atom stereocenters. The van der Waals surface area contributed by atoms with E-state index in [2.05, 4.69) is 4.98 Å². The maximum atomic E-state index is 13.0. The molecule has 1 saturated heterocycles. The summed E-state index contributed by atoms with van der Waals surface area (Å²) < 4.78 is 1.51. The van der Waals surface area contributed by atoms with Crippen LogP contribution in [0.3, 0.4) is 0 Å². The van der Waals surface area contributed by atoms with E-state index in [9.17, 15) is 14.7 Å². The van der Waals surface area contributed by atoms with Gasteiger partial charge in [-0.05, 0) is 43.5 Å². The van der Waals surface area contributed by atoms with Crippen molar-refractivity contribution >= 4 is 17.5 Å². The molecule has 32 heavy (non-hydrogen) atoms. The maximum absolute atomic E-state index is 13.0. The number of carbonyl (C=O) groups is 1. The highest BCUT2D eigenvalue weighted by molar-refractivity contribution is 6.30. The van der Waals surface area contributed by atoms with Gasteiger partial charge in [0.1, 0.15) is 5.75 Å². The minimum absolute atomic E-state index is 0.0195. The minimum atomic E-state index is -0.312. The third kappa shape index (κ3) is 4.99. The van der Waals surface area contributed by atoms with Gasteiger partial charge in [-0.1, -0.05) is 23.7 Å². The molecule has 7 nitrogen and oxygen atoms in total. The van der Waals surface area contributed by atoms with E-state index in [0.717, 1.165) is 35.9 Å². The fourth-order valence-electron chi connectivity index (χ4n) is 4.25. The van der Waals surface area contributed by atoms with Gasteiger partial charge in [-0.25, -0.2) is 0 Å². The Bertz CT molecular complexity index is 1190. The molecular formula is C24H25ClN4O3. The third-order valence-electron chi connectivity index (χ3n) is 5.76. The van der Waals surface area contributed by atoms with Gasteiger partial charge in [0, 0.05) is 48.9 Å². The number of nitrogens with zero attached hydrogens (tertiary/aromatic N) is 4. The first kappa shape index (κ1) is 22.0.